The van der Waals surface area contributed by atoms with Crippen LogP contribution in [-0.2, 0) is 4.43 Å². The smallest absolute Gasteiger partial charge is 0.201 e. The first-order valence-electron chi connectivity index (χ1n) is 9.66. The lowest BCUT2D eigenvalue weighted by Gasteiger charge is -2.45. The third-order valence-electron chi connectivity index (χ3n) is 5.30. The molecule has 1 rings (SSSR count). The highest BCUT2D eigenvalue weighted by Crippen LogP contribution is 2.46. The van der Waals surface area contributed by atoms with Crippen molar-refractivity contribution in [2.45, 2.75) is 91.0 Å². The van der Waals surface area contributed by atoms with E-state index < -0.39 is 8.32 Å². The Labute approximate surface area is 151 Å². The topological polar surface area (TPSA) is 9.23 Å². The number of benzene rings is 1. The molecular weight excluding hydrogens is 308 g/mol. The fourth-order valence-corrected chi connectivity index (χ4v) is 9.69. The largest absolute Gasteiger partial charge is 0.405 e. The number of hydrogen-bond donors (Lipinski definition) is 0. The quantitative estimate of drug-likeness (QED) is 0.329. The highest BCUT2D eigenvalue weighted by atomic mass is 28.4. The predicted molar refractivity (Wildman–Crippen MR) is 110 cm³/mol. The van der Waals surface area contributed by atoms with E-state index in [-0.39, 0.29) is 6.10 Å². The maximum absolute atomic E-state index is 7.14. The molecule has 0 aliphatic carbocycles. The van der Waals surface area contributed by atoms with Crippen molar-refractivity contribution in [2.24, 2.45) is 0 Å². The molecule has 24 heavy (non-hydrogen) atoms. The minimum Gasteiger partial charge on any atom is -0.405 e. The van der Waals surface area contributed by atoms with Crippen LogP contribution in [-0.4, -0.2) is 8.32 Å². The molecule has 0 heterocycles. The number of rotatable bonds is 9. The molecule has 0 N–H and O–H groups in total. The Morgan fingerprint density at radius 3 is 1.88 bits per heavy atom. The molecule has 1 unspecified atom stereocenters. The molecule has 1 nitrogen and oxygen atoms in total. The van der Waals surface area contributed by atoms with E-state index in [0.29, 0.717) is 16.6 Å². The second-order valence-corrected chi connectivity index (χ2v) is 13.4. The zero-order valence-electron chi connectivity index (χ0n) is 17.1. The fourth-order valence-electron chi connectivity index (χ4n) is 4.14. The minimum atomic E-state index is -1.92. The molecular formula is C22H38OSi. The SMILES string of the molecule is CCC/C=C(\C)C(O[Si](C(C)C)(C(C)C)C(C)C)c1ccccc1. The van der Waals surface area contributed by atoms with E-state index in [2.05, 4.69) is 91.8 Å². The molecule has 0 saturated heterocycles. The molecule has 0 fully saturated rings. The van der Waals surface area contributed by atoms with Gasteiger partial charge < -0.3 is 4.43 Å². The van der Waals surface area contributed by atoms with Crippen LogP contribution in [0.4, 0.5) is 0 Å². The van der Waals surface area contributed by atoms with Crippen molar-refractivity contribution in [2.75, 3.05) is 0 Å². The van der Waals surface area contributed by atoms with Gasteiger partial charge in [0.1, 0.15) is 0 Å². The van der Waals surface area contributed by atoms with Gasteiger partial charge in [-0.25, -0.2) is 0 Å². The molecule has 0 radical (unpaired) electrons. The van der Waals surface area contributed by atoms with Crippen LogP contribution in [0.25, 0.3) is 0 Å². The van der Waals surface area contributed by atoms with Crippen LogP contribution in [0.5, 0.6) is 0 Å². The van der Waals surface area contributed by atoms with Gasteiger partial charge in [0.15, 0.2) is 0 Å². The molecule has 0 spiro atoms. The zero-order valence-corrected chi connectivity index (χ0v) is 18.1. The molecule has 1 aromatic rings. The molecule has 0 amide bonds. The van der Waals surface area contributed by atoms with Gasteiger partial charge in [-0.3, -0.25) is 0 Å². The average Bonchev–Trinajstić information content (AvgIpc) is 2.53. The summed E-state index contributed by atoms with van der Waals surface area (Å²) in [6.45, 7) is 18.6. The van der Waals surface area contributed by atoms with Gasteiger partial charge >= 0.3 is 0 Å². The number of allylic oxidation sites excluding steroid dienone is 1. The van der Waals surface area contributed by atoms with Crippen molar-refractivity contribution in [3.05, 3.63) is 47.5 Å². The summed E-state index contributed by atoms with van der Waals surface area (Å²) in [4.78, 5) is 0. The molecule has 0 aliphatic heterocycles. The zero-order chi connectivity index (χ0) is 18.3. The van der Waals surface area contributed by atoms with E-state index in [1.54, 1.807) is 0 Å². The van der Waals surface area contributed by atoms with E-state index in [0.717, 1.165) is 6.42 Å². The van der Waals surface area contributed by atoms with E-state index >= 15 is 0 Å². The van der Waals surface area contributed by atoms with Crippen LogP contribution in [0, 0.1) is 0 Å². The highest BCUT2D eigenvalue weighted by molar-refractivity contribution is 6.77. The molecule has 1 aromatic carbocycles. The fraction of sp³-hybridized carbons (Fsp3) is 0.636. The summed E-state index contributed by atoms with van der Waals surface area (Å²) in [5.74, 6) is 0. The summed E-state index contributed by atoms with van der Waals surface area (Å²) in [6.07, 6.45) is 4.77. The van der Waals surface area contributed by atoms with E-state index in [4.69, 9.17) is 4.43 Å². The van der Waals surface area contributed by atoms with Gasteiger partial charge in [-0.15, -0.1) is 0 Å². The van der Waals surface area contributed by atoms with E-state index in [9.17, 15) is 0 Å². The summed E-state index contributed by atoms with van der Waals surface area (Å²) < 4.78 is 7.14. The Morgan fingerprint density at radius 1 is 0.958 bits per heavy atom. The monoisotopic (exact) mass is 346 g/mol. The van der Waals surface area contributed by atoms with Crippen molar-refractivity contribution >= 4 is 8.32 Å². The Bertz CT molecular complexity index is 480. The van der Waals surface area contributed by atoms with E-state index in [1.165, 1.54) is 17.6 Å². The summed E-state index contributed by atoms with van der Waals surface area (Å²) in [5, 5.41) is 0. The lowest BCUT2D eigenvalue weighted by atomic mass is 10.0. The average molecular weight is 347 g/mol. The van der Waals surface area contributed by atoms with E-state index in [1.807, 2.05) is 0 Å². The predicted octanol–water partition coefficient (Wildman–Crippen LogP) is 7.67. The standard InChI is InChI=1S/C22H38OSi/c1-9-10-14-20(8)22(21-15-12-11-13-16-21)23-24(17(2)3,18(4)5)19(6)7/h11-19,22H,9-10H2,1-8H3/b20-14+. The lowest BCUT2D eigenvalue weighted by molar-refractivity contribution is 0.209. The van der Waals surface area contributed by atoms with Crippen molar-refractivity contribution in [1.82, 2.24) is 0 Å². The summed E-state index contributed by atoms with van der Waals surface area (Å²) >= 11 is 0. The minimum absolute atomic E-state index is 0.0941. The van der Waals surface area contributed by atoms with Crippen LogP contribution in [0.15, 0.2) is 42.0 Å². The molecule has 136 valence electrons. The van der Waals surface area contributed by atoms with Crippen LogP contribution in [0.1, 0.15) is 79.9 Å². The number of unbranched alkanes of at least 4 members (excludes halogenated alkanes) is 1. The van der Waals surface area contributed by atoms with Crippen molar-refractivity contribution in [3.8, 4) is 0 Å². The van der Waals surface area contributed by atoms with Crippen molar-refractivity contribution in [1.29, 1.82) is 0 Å². The van der Waals surface area contributed by atoms with Gasteiger partial charge in [-0.05, 0) is 41.1 Å². The van der Waals surface area contributed by atoms with Gasteiger partial charge in [0.2, 0.25) is 8.32 Å². The first-order valence-corrected chi connectivity index (χ1v) is 11.8. The second kappa shape index (κ2) is 9.58. The van der Waals surface area contributed by atoms with Crippen LogP contribution >= 0.6 is 0 Å². The van der Waals surface area contributed by atoms with Crippen LogP contribution < -0.4 is 0 Å². The Hall–Kier alpha value is -0.863. The van der Waals surface area contributed by atoms with Crippen molar-refractivity contribution < 1.29 is 4.43 Å². The third kappa shape index (κ3) is 4.83. The first kappa shape index (κ1) is 21.2. The Morgan fingerprint density at radius 2 is 1.46 bits per heavy atom. The Kier molecular flexibility index (Phi) is 8.45. The van der Waals surface area contributed by atoms with Crippen LogP contribution in [0.2, 0.25) is 16.6 Å². The summed E-state index contributed by atoms with van der Waals surface area (Å²) in [7, 11) is -1.92. The third-order valence-corrected chi connectivity index (χ3v) is 11.4. The normalized spacial score (nSPS) is 14.7. The lowest BCUT2D eigenvalue weighted by Crippen LogP contribution is -2.48. The highest BCUT2D eigenvalue weighted by Gasteiger charge is 2.47. The molecule has 0 bridgehead atoms. The number of hydrogen-bond acceptors (Lipinski definition) is 1. The molecule has 0 saturated carbocycles. The van der Waals surface area contributed by atoms with Crippen LogP contribution in [0.3, 0.4) is 0 Å². The van der Waals surface area contributed by atoms with Gasteiger partial charge in [0.05, 0.1) is 6.10 Å². The summed E-state index contributed by atoms with van der Waals surface area (Å²) in [6, 6.07) is 10.8. The second-order valence-electron chi connectivity index (χ2n) is 7.96. The molecule has 2 heteroatoms. The van der Waals surface area contributed by atoms with Gasteiger partial charge in [0.25, 0.3) is 0 Å². The van der Waals surface area contributed by atoms with Gasteiger partial charge in [0, 0.05) is 0 Å². The molecule has 0 aliphatic rings. The Balaban J connectivity index is 3.33. The van der Waals surface area contributed by atoms with Gasteiger partial charge in [-0.2, -0.15) is 0 Å². The summed E-state index contributed by atoms with van der Waals surface area (Å²) in [5.41, 5.74) is 4.45. The van der Waals surface area contributed by atoms with Crippen molar-refractivity contribution in [3.63, 3.8) is 0 Å². The maximum atomic E-state index is 7.14. The maximum Gasteiger partial charge on any atom is 0.201 e. The molecule has 1 atom stereocenters. The molecule has 0 aromatic heterocycles. The first-order chi connectivity index (χ1) is 11.3. The van der Waals surface area contributed by atoms with Gasteiger partial charge in [-0.1, -0.05) is 91.3 Å².